The number of carbonyl (C=O) groups excluding carboxylic acids is 2. The van der Waals surface area contributed by atoms with Gasteiger partial charge in [0.15, 0.2) is 6.61 Å². The molecule has 4 aromatic rings. The van der Waals surface area contributed by atoms with Crippen LogP contribution in [0.4, 0.5) is 11.4 Å². The number of hydrogen-bond donors (Lipinski definition) is 0. The van der Waals surface area contributed by atoms with Gasteiger partial charge in [0.25, 0.3) is 5.91 Å². The summed E-state index contributed by atoms with van der Waals surface area (Å²) in [7, 11) is 0. The predicted octanol–water partition coefficient (Wildman–Crippen LogP) is 5.10. The van der Waals surface area contributed by atoms with Gasteiger partial charge in [0.2, 0.25) is 11.7 Å². The van der Waals surface area contributed by atoms with Crippen LogP contribution in [0.1, 0.15) is 12.3 Å². The molecule has 0 atom stereocenters. The first-order valence-corrected chi connectivity index (χ1v) is 11.6. The summed E-state index contributed by atoms with van der Waals surface area (Å²) in [6, 6.07) is 17.2. The Morgan fingerprint density at radius 3 is 2.41 bits per heavy atom. The first kappa shape index (κ1) is 20.5. The Balaban J connectivity index is 1.21. The molecule has 1 aliphatic rings. The molecule has 0 radical (unpaired) electrons. The van der Waals surface area contributed by atoms with Crippen LogP contribution in [0.2, 0.25) is 0 Å². The van der Waals surface area contributed by atoms with Crippen LogP contribution >= 0.6 is 23.1 Å². The number of aryl methyl sites for hydroxylation is 1. The van der Waals surface area contributed by atoms with Gasteiger partial charge in [-0.25, -0.2) is 0 Å². The fourth-order valence-corrected chi connectivity index (χ4v) is 5.02. The van der Waals surface area contributed by atoms with Gasteiger partial charge in [-0.05, 0) is 35.7 Å². The van der Waals surface area contributed by atoms with Crippen molar-refractivity contribution in [3.8, 4) is 11.4 Å². The van der Waals surface area contributed by atoms with E-state index in [0.29, 0.717) is 11.7 Å². The summed E-state index contributed by atoms with van der Waals surface area (Å²) in [4.78, 5) is 33.1. The summed E-state index contributed by atoms with van der Waals surface area (Å²) in [6.07, 6.45) is 0.289. The van der Waals surface area contributed by atoms with Gasteiger partial charge in [0, 0.05) is 27.2 Å². The smallest absolute Gasteiger partial charge is 0.306 e. The van der Waals surface area contributed by atoms with E-state index in [1.165, 1.54) is 0 Å². The van der Waals surface area contributed by atoms with E-state index >= 15 is 0 Å². The van der Waals surface area contributed by atoms with Gasteiger partial charge in [-0.15, -0.1) is 0 Å². The second-order valence-corrected chi connectivity index (χ2v) is 8.81. The number of hydrogen-bond acceptors (Lipinski definition) is 8. The van der Waals surface area contributed by atoms with E-state index < -0.39 is 5.97 Å². The second kappa shape index (κ2) is 8.97. The van der Waals surface area contributed by atoms with E-state index in [4.69, 9.17) is 9.26 Å². The topological polar surface area (TPSA) is 85.5 Å². The maximum Gasteiger partial charge on any atom is 0.306 e. The lowest BCUT2D eigenvalue weighted by Crippen LogP contribution is -2.32. The SMILES string of the molecule is O=C(CCc1nc(-c2ccsc2)no1)OCC(=O)N1c2ccccc2Sc2ccccc21. The third kappa shape index (κ3) is 4.17. The summed E-state index contributed by atoms with van der Waals surface area (Å²) < 4.78 is 10.5. The Morgan fingerprint density at radius 2 is 1.72 bits per heavy atom. The highest BCUT2D eigenvalue weighted by Gasteiger charge is 2.28. The van der Waals surface area contributed by atoms with Crippen molar-refractivity contribution in [2.45, 2.75) is 22.6 Å². The molecule has 0 bridgehead atoms. The van der Waals surface area contributed by atoms with Gasteiger partial charge in [-0.1, -0.05) is 41.2 Å². The zero-order valence-corrected chi connectivity index (χ0v) is 18.4. The molecule has 160 valence electrons. The molecule has 5 rings (SSSR count). The molecule has 1 aliphatic heterocycles. The number of thiophene rings is 1. The minimum atomic E-state index is -0.499. The lowest BCUT2D eigenvalue weighted by atomic mass is 10.2. The highest BCUT2D eigenvalue weighted by atomic mass is 32.2. The monoisotopic (exact) mass is 463 g/mol. The highest BCUT2D eigenvalue weighted by molar-refractivity contribution is 7.99. The molecular formula is C23H17N3O4S2. The number of benzene rings is 2. The van der Waals surface area contributed by atoms with Crippen LogP contribution in [0.15, 0.2) is 79.7 Å². The van der Waals surface area contributed by atoms with Gasteiger partial charge in [-0.2, -0.15) is 16.3 Å². The van der Waals surface area contributed by atoms with Gasteiger partial charge < -0.3 is 9.26 Å². The fourth-order valence-electron chi connectivity index (χ4n) is 3.33. The minimum Gasteiger partial charge on any atom is -0.456 e. The average Bonchev–Trinajstić information content (AvgIpc) is 3.51. The van der Waals surface area contributed by atoms with Gasteiger partial charge in [-0.3, -0.25) is 14.5 Å². The normalized spacial score (nSPS) is 12.2. The molecule has 1 amide bonds. The number of aromatic nitrogens is 2. The van der Waals surface area contributed by atoms with Crippen LogP contribution < -0.4 is 4.90 Å². The van der Waals surface area contributed by atoms with Gasteiger partial charge in [0.05, 0.1) is 17.8 Å². The summed E-state index contributed by atoms with van der Waals surface area (Å²) in [5.41, 5.74) is 2.44. The molecule has 7 nitrogen and oxygen atoms in total. The molecule has 0 N–H and O–H groups in total. The molecule has 0 saturated heterocycles. The van der Waals surface area contributed by atoms with Crippen molar-refractivity contribution in [2.75, 3.05) is 11.5 Å². The Hall–Kier alpha value is -3.43. The Morgan fingerprint density at radius 1 is 1.00 bits per heavy atom. The first-order valence-electron chi connectivity index (χ1n) is 9.89. The maximum absolute atomic E-state index is 13.0. The van der Waals surface area contributed by atoms with Gasteiger partial charge >= 0.3 is 5.97 Å². The number of carbonyl (C=O) groups is 2. The number of para-hydroxylation sites is 2. The molecule has 32 heavy (non-hydrogen) atoms. The zero-order valence-electron chi connectivity index (χ0n) is 16.8. The minimum absolute atomic E-state index is 0.0432. The number of fused-ring (bicyclic) bond motifs is 2. The van der Waals surface area contributed by atoms with Crippen molar-refractivity contribution in [1.29, 1.82) is 0 Å². The second-order valence-electron chi connectivity index (χ2n) is 6.95. The van der Waals surface area contributed by atoms with Crippen LogP contribution in [-0.4, -0.2) is 28.6 Å². The first-order chi connectivity index (χ1) is 15.7. The molecule has 3 heterocycles. The van der Waals surface area contributed by atoms with Crippen molar-refractivity contribution in [3.05, 3.63) is 71.2 Å². The van der Waals surface area contributed by atoms with Crippen LogP contribution in [0, 0.1) is 0 Å². The number of anilines is 2. The average molecular weight is 464 g/mol. The molecule has 2 aromatic heterocycles. The number of rotatable bonds is 6. The molecule has 0 fully saturated rings. The van der Waals surface area contributed by atoms with E-state index in [1.807, 2.05) is 65.4 Å². The molecule has 0 spiro atoms. The number of nitrogens with zero attached hydrogens (tertiary/aromatic N) is 3. The molecule has 9 heteroatoms. The van der Waals surface area contributed by atoms with Crippen molar-refractivity contribution in [3.63, 3.8) is 0 Å². The summed E-state index contributed by atoms with van der Waals surface area (Å²) in [5.74, 6) is 0.0353. The fraction of sp³-hybridized carbons (Fsp3) is 0.130. The summed E-state index contributed by atoms with van der Waals surface area (Å²) in [5, 5.41) is 7.77. The summed E-state index contributed by atoms with van der Waals surface area (Å²) in [6.45, 7) is -0.351. The maximum atomic E-state index is 13.0. The van der Waals surface area contributed by atoms with Gasteiger partial charge in [0.1, 0.15) is 0 Å². The van der Waals surface area contributed by atoms with Crippen LogP contribution in [0.5, 0.6) is 0 Å². The molecule has 0 saturated carbocycles. The van der Waals surface area contributed by atoms with Crippen molar-refractivity contribution in [1.82, 2.24) is 10.1 Å². The molecule has 2 aromatic carbocycles. The van der Waals surface area contributed by atoms with Crippen molar-refractivity contribution < 1.29 is 18.8 Å². The third-order valence-electron chi connectivity index (χ3n) is 4.83. The number of esters is 1. The molecule has 0 unspecified atom stereocenters. The van der Waals surface area contributed by atoms with Crippen molar-refractivity contribution >= 4 is 46.3 Å². The zero-order chi connectivity index (χ0) is 21.9. The predicted molar refractivity (Wildman–Crippen MR) is 121 cm³/mol. The molecular weight excluding hydrogens is 446 g/mol. The highest BCUT2D eigenvalue weighted by Crippen LogP contribution is 2.47. The number of ether oxygens (including phenoxy) is 1. The van der Waals surface area contributed by atoms with Crippen LogP contribution in [-0.2, 0) is 20.7 Å². The van der Waals surface area contributed by atoms with E-state index in [2.05, 4.69) is 10.1 Å². The third-order valence-corrected chi connectivity index (χ3v) is 6.64. The Kier molecular flexibility index (Phi) is 5.74. The van der Waals surface area contributed by atoms with Crippen LogP contribution in [0.25, 0.3) is 11.4 Å². The van der Waals surface area contributed by atoms with E-state index in [-0.39, 0.29) is 25.4 Å². The van der Waals surface area contributed by atoms with E-state index in [1.54, 1.807) is 28.0 Å². The van der Waals surface area contributed by atoms with Crippen LogP contribution in [0.3, 0.4) is 0 Å². The van der Waals surface area contributed by atoms with E-state index in [9.17, 15) is 9.59 Å². The number of amides is 1. The van der Waals surface area contributed by atoms with E-state index in [0.717, 1.165) is 26.7 Å². The quantitative estimate of drug-likeness (QED) is 0.368. The summed E-state index contributed by atoms with van der Waals surface area (Å²) >= 11 is 3.15. The largest absolute Gasteiger partial charge is 0.456 e. The lowest BCUT2D eigenvalue weighted by Gasteiger charge is -2.30. The standard InChI is InChI=1S/C23H17N3O4S2/c27-21(26-16-5-1-3-7-18(16)32-19-8-4-2-6-17(19)26)13-29-22(28)10-9-20-24-23(25-30-20)15-11-12-31-14-15/h1-8,11-12,14H,9-10,13H2. The lowest BCUT2D eigenvalue weighted by molar-refractivity contribution is -0.147. The molecule has 0 aliphatic carbocycles. The Labute approximate surface area is 192 Å². The van der Waals surface area contributed by atoms with Crippen molar-refractivity contribution in [2.24, 2.45) is 0 Å². The Bertz CT molecular complexity index is 1220.